The number of amides is 1. The molecule has 2 aromatic rings. The second kappa shape index (κ2) is 6.01. The number of carbonyl (C=O) groups excluding carboxylic acids is 1. The summed E-state index contributed by atoms with van der Waals surface area (Å²) in [6, 6.07) is 3.97. The van der Waals surface area contributed by atoms with Gasteiger partial charge in [0.25, 0.3) is 5.91 Å². The molecule has 2 N–H and O–H groups in total. The van der Waals surface area contributed by atoms with Crippen molar-refractivity contribution in [2.75, 3.05) is 6.54 Å². The summed E-state index contributed by atoms with van der Waals surface area (Å²) in [6.07, 6.45) is 6.66. The van der Waals surface area contributed by atoms with Crippen molar-refractivity contribution in [1.29, 1.82) is 0 Å². The highest BCUT2D eigenvalue weighted by Crippen LogP contribution is 2.10. The van der Waals surface area contributed by atoms with Gasteiger partial charge in [-0.15, -0.1) is 0 Å². The van der Waals surface area contributed by atoms with Crippen LogP contribution in [0.5, 0.6) is 0 Å². The third-order valence-corrected chi connectivity index (χ3v) is 3.74. The lowest BCUT2D eigenvalue weighted by atomic mass is 9.99. The fraction of sp³-hybridized carbons (Fsp3) is 0.429. The van der Waals surface area contributed by atoms with Crippen LogP contribution in [0.25, 0.3) is 5.82 Å². The minimum Gasteiger partial charge on any atom is -0.348 e. The van der Waals surface area contributed by atoms with E-state index in [1.165, 1.54) is 6.33 Å². The fourth-order valence-electron chi connectivity index (χ4n) is 2.48. The molecule has 0 saturated carbocycles. The Bertz CT molecular complexity index is 594. The average molecular weight is 286 g/mol. The van der Waals surface area contributed by atoms with Crippen LogP contribution in [0.2, 0.25) is 0 Å². The molecule has 3 heterocycles. The number of piperidine rings is 1. The topological polar surface area (TPSA) is 84.7 Å². The normalized spacial score (nSPS) is 22.0. The lowest BCUT2D eigenvalue weighted by Crippen LogP contribution is -2.51. The third-order valence-electron chi connectivity index (χ3n) is 3.74. The largest absolute Gasteiger partial charge is 0.348 e. The summed E-state index contributed by atoms with van der Waals surface area (Å²) in [5.74, 6) is 0.546. The Labute approximate surface area is 122 Å². The van der Waals surface area contributed by atoms with E-state index in [4.69, 9.17) is 0 Å². The van der Waals surface area contributed by atoms with Crippen LogP contribution < -0.4 is 10.6 Å². The van der Waals surface area contributed by atoms with Crippen molar-refractivity contribution in [2.24, 2.45) is 0 Å². The summed E-state index contributed by atoms with van der Waals surface area (Å²) in [5.41, 5.74) is 0.552. The minimum absolute atomic E-state index is 0.0896. The molecule has 0 aliphatic carbocycles. The first-order chi connectivity index (χ1) is 10.2. The van der Waals surface area contributed by atoms with Crippen LogP contribution in [-0.4, -0.2) is 44.3 Å². The smallest absolute Gasteiger partial charge is 0.253 e. The highest BCUT2D eigenvalue weighted by molar-refractivity contribution is 5.94. The summed E-state index contributed by atoms with van der Waals surface area (Å²) in [4.78, 5) is 20.3. The monoisotopic (exact) mass is 286 g/mol. The molecule has 0 spiro atoms. The molecule has 1 saturated heterocycles. The molecule has 1 amide bonds. The quantitative estimate of drug-likeness (QED) is 0.860. The number of pyridine rings is 1. The Hall–Kier alpha value is -2.28. The number of hydrogen-bond acceptors (Lipinski definition) is 5. The highest BCUT2D eigenvalue weighted by Gasteiger charge is 2.22. The van der Waals surface area contributed by atoms with Crippen LogP contribution in [0, 0.1) is 0 Å². The number of nitrogens with one attached hydrogen (secondary N) is 2. The lowest BCUT2D eigenvalue weighted by molar-refractivity contribution is 0.0919. The zero-order valence-electron chi connectivity index (χ0n) is 11.9. The van der Waals surface area contributed by atoms with E-state index in [1.807, 2.05) is 0 Å². The van der Waals surface area contributed by atoms with Crippen molar-refractivity contribution in [1.82, 2.24) is 30.4 Å². The molecule has 7 heteroatoms. The molecule has 2 aromatic heterocycles. The summed E-state index contributed by atoms with van der Waals surface area (Å²) < 4.78 is 1.55. The van der Waals surface area contributed by atoms with E-state index in [0.29, 0.717) is 17.4 Å². The van der Waals surface area contributed by atoms with Crippen LogP contribution in [0.3, 0.4) is 0 Å². The van der Waals surface area contributed by atoms with Crippen molar-refractivity contribution >= 4 is 5.91 Å². The SMILES string of the molecule is CC1NCCCC1NC(=O)c1ccc(-n2cncn2)nc1. The van der Waals surface area contributed by atoms with Gasteiger partial charge in [0.1, 0.15) is 12.7 Å². The predicted octanol–water partition coefficient (Wildman–Crippen LogP) is 0.533. The zero-order chi connectivity index (χ0) is 14.7. The van der Waals surface area contributed by atoms with Gasteiger partial charge in [0.2, 0.25) is 0 Å². The van der Waals surface area contributed by atoms with Crippen molar-refractivity contribution in [2.45, 2.75) is 31.8 Å². The average Bonchev–Trinajstić information content (AvgIpc) is 3.04. The second-order valence-corrected chi connectivity index (χ2v) is 5.21. The van der Waals surface area contributed by atoms with Crippen LogP contribution in [-0.2, 0) is 0 Å². The molecule has 1 aliphatic rings. The van der Waals surface area contributed by atoms with E-state index >= 15 is 0 Å². The molecule has 2 unspecified atom stereocenters. The van der Waals surface area contributed by atoms with Crippen LogP contribution >= 0.6 is 0 Å². The second-order valence-electron chi connectivity index (χ2n) is 5.21. The van der Waals surface area contributed by atoms with Gasteiger partial charge < -0.3 is 10.6 Å². The molecule has 21 heavy (non-hydrogen) atoms. The Morgan fingerprint density at radius 1 is 1.48 bits per heavy atom. The first kappa shape index (κ1) is 13.7. The zero-order valence-corrected chi connectivity index (χ0v) is 11.9. The molecule has 0 aromatic carbocycles. The molecule has 110 valence electrons. The Balaban J connectivity index is 1.67. The van der Waals surface area contributed by atoms with Gasteiger partial charge in [-0.05, 0) is 38.4 Å². The summed E-state index contributed by atoms with van der Waals surface area (Å²) in [7, 11) is 0. The van der Waals surface area contributed by atoms with Crippen LogP contribution in [0.15, 0.2) is 31.0 Å². The summed E-state index contributed by atoms with van der Waals surface area (Å²) in [6.45, 7) is 3.11. The molecule has 3 rings (SSSR count). The number of aromatic nitrogens is 4. The van der Waals surface area contributed by atoms with Gasteiger partial charge in [-0.25, -0.2) is 14.6 Å². The molecular formula is C14H18N6O. The number of carbonyl (C=O) groups is 1. The Morgan fingerprint density at radius 2 is 2.38 bits per heavy atom. The number of nitrogens with zero attached hydrogens (tertiary/aromatic N) is 4. The molecule has 1 aliphatic heterocycles. The van der Waals surface area contributed by atoms with E-state index in [1.54, 1.807) is 29.3 Å². The third kappa shape index (κ3) is 3.08. The van der Waals surface area contributed by atoms with Crippen molar-refractivity contribution in [3.8, 4) is 5.82 Å². The van der Waals surface area contributed by atoms with Gasteiger partial charge in [0.05, 0.1) is 5.56 Å². The Kier molecular flexibility index (Phi) is 3.92. The molecular weight excluding hydrogens is 268 g/mol. The predicted molar refractivity (Wildman–Crippen MR) is 77.1 cm³/mol. The minimum atomic E-state index is -0.0896. The van der Waals surface area contributed by atoms with Crippen molar-refractivity contribution in [3.05, 3.63) is 36.5 Å². The van der Waals surface area contributed by atoms with Gasteiger partial charge in [0.15, 0.2) is 5.82 Å². The molecule has 2 atom stereocenters. The summed E-state index contributed by atoms with van der Waals surface area (Å²) >= 11 is 0. The lowest BCUT2D eigenvalue weighted by Gasteiger charge is -2.30. The number of rotatable bonds is 3. The molecule has 0 bridgehead atoms. The first-order valence-corrected chi connectivity index (χ1v) is 7.09. The Morgan fingerprint density at radius 3 is 3.05 bits per heavy atom. The first-order valence-electron chi connectivity index (χ1n) is 7.09. The molecule has 1 fully saturated rings. The maximum Gasteiger partial charge on any atom is 0.253 e. The van der Waals surface area contributed by atoms with Gasteiger partial charge >= 0.3 is 0 Å². The van der Waals surface area contributed by atoms with Gasteiger partial charge in [0, 0.05) is 18.3 Å². The van der Waals surface area contributed by atoms with E-state index in [-0.39, 0.29) is 11.9 Å². The summed E-state index contributed by atoms with van der Waals surface area (Å²) in [5, 5.41) is 10.4. The fourth-order valence-corrected chi connectivity index (χ4v) is 2.48. The highest BCUT2D eigenvalue weighted by atomic mass is 16.1. The van der Waals surface area contributed by atoms with Gasteiger partial charge in [-0.1, -0.05) is 0 Å². The molecule has 0 radical (unpaired) electrons. The standard InChI is InChI=1S/C14H18N6O/c1-10-12(3-2-6-16-10)19-14(21)11-4-5-13(17-7-11)20-9-15-8-18-20/h4-5,7-10,12,16H,2-3,6H2,1H3,(H,19,21). The van der Waals surface area contributed by atoms with Crippen molar-refractivity contribution < 1.29 is 4.79 Å². The van der Waals surface area contributed by atoms with Gasteiger partial charge in [-0.2, -0.15) is 5.10 Å². The maximum atomic E-state index is 12.2. The molecule has 7 nitrogen and oxygen atoms in total. The van der Waals surface area contributed by atoms with E-state index in [2.05, 4.69) is 32.6 Å². The van der Waals surface area contributed by atoms with E-state index in [9.17, 15) is 4.79 Å². The van der Waals surface area contributed by atoms with E-state index < -0.39 is 0 Å². The van der Waals surface area contributed by atoms with Crippen molar-refractivity contribution in [3.63, 3.8) is 0 Å². The van der Waals surface area contributed by atoms with Gasteiger partial charge in [-0.3, -0.25) is 4.79 Å². The maximum absolute atomic E-state index is 12.2. The van der Waals surface area contributed by atoms with Crippen LogP contribution in [0.4, 0.5) is 0 Å². The van der Waals surface area contributed by atoms with E-state index in [0.717, 1.165) is 19.4 Å². The number of hydrogen-bond donors (Lipinski definition) is 2. The van der Waals surface area contributed by atoms with Crippen LogP contribution in [0.1, 0.15) is 30.1 Å².